The Hall–Kier alpha value is -1.34. The van der Waals surface area contributed by atoms with E-state index in [1.807, 2.05) is 0 Å². The van der Waals surface area contributed by atoms with Crippen LogP contribution in [0.1, 0.15) is 16.9 Å². The molecular formula is C10H12ClN3O3S. The molecule has 6 nitrogen and oxygen atoms in total. The molecule has 0 aromatic carbocycles. The average molecular weight is 290 g/mol. The number of sulfone groups is 1. The second-order valence-electron chi connectivity index (χ2n) is 4.14. The molecule has 0 radical (unpaired) electrons. The lowest BCUT2D eigenvalue weighted by atomic mass is 10.2. The third-order valence-corrected chi connectivity index (χ3v) is 4.72. The van der Waals surface area contributed by atoms with Crippen LogP contribution in [0.4, 0.5) is 5.82 Å². The Labute approximate surface area is 109 Å². The van der Waals surface area contributed by atoms with Gasteiger partial charge in [0.25, 0.3) is 5.91 Å². The van der Waals surface area contributed by atoms with E-state index in [1.165, 1.54) is 12.1 Å². The summed E-state index contributed by atoms with van der Waals surface area (Å²) in [4.78, 5) is 15.7. The Balaban J connectivity index is 2.11. The van der Waals surface area contributed by atoms with Gasteiger partial charge in [0, 0.05) is 6.04 Å². The summed E-state index contributed by atoms with van der Waals surface area (Å²) in [6, 6.07) is 2.57. The molecule has 0 bridgehead atoms. The monoisotopic (exact) mass is 289 g/mol. The van der Waals surface area contributed by atoms with E-state index >= 15 is 0 Å². The lowest BCUT2D eigenvalue weighted by Gasteiger charge is -2.11. The van der Waals surface area contributed by atoms with Gasteiger partial charge in [-0.05, 0) is 18.6 Å². The van der Waals surface area contributed by atoms with Crippen molar-refractivity contribution in [2.24, 2.45) is 0 Å². The molecule has 1 aromatic rings. The number of carbonyl (C=O) groups excluding carboxylic acids is 1. The van der Waals surface area contributed by atoms with Gasteiger partial charge in [0.2, 0.25) is 0 Å². The second-order valence-corrected chi connectivity index (χ2v) is 6.78. The summed E-state index contributed by atoms with van der Waals surface area (Å²) in [6.07, 6.45) is 0.411. The summed E-state index contributed by atoms with van der Waals surface area (Å²) in [5.74, 6) is -0.271. The summed E-state index contributed by atoms with van der Waals surface area (Å²) in [7, 11) is -3.03. The van der Waals surface area contributed by atoms with Crippen LogP contribution in [-0.2, 0) is 9.84 Å². The van der Waals surface area contributed by atoms with Gasteiger partial charge in [-0.2, -0.15) is 0 Å². The standard InChI is InChI=1S/C10H12ClN3O3S/c11-7-1-2-8(12)14-9(7)10(15)13-6-3-4-18(16,17)5-6/h1-2,6H,3-5H2,(H2,12,14)(H,13,15). The molecule has 1 aliphatic heterocycles. The summed E-state index contributed by atoms with van der Waals surface area (Å²) in [6.45, 7) is 0. The number of nitrogens with one attached hydrogen (secondary N) is 1. The second kappa shape index (κ2) is 4.74. The SMILES string of the molecule is Nc1ccc(Cl)c(C(=O)NC2CCS(=O)(=O)C2)n1. The molecular weight excluding hydrogens is 278 g/mol. The largest absolute Gasteiger partial charge is 0.384 e. The number of anilines is 1. The van der Waals surface area contributed by atoms with Gasteiger partial charge in [-0.15, -0.1) is 0 Å². The fraction of sp³-hybridized carbons (Fsp3) is 0.400. The molecule has 1 aliphatic rings. The number of carbonyl (C=O) groups is 1. The molecule has 3 N–H and O–H groups in total. The lowest BCUT2D eigenvalue weighted by molar-refractivity contribution is 0.0936. The predicted molar refractivity (Wildman–Crippen MR) is 68.2 cm³/mol. The average Bonchev–Trinajstić information content (AvgIpc) is 2.61. The number of nitrogens with two attached hydrogens (primary N) is 1. The first-order valence-electron chi connectivity index (χ1n) is 5.31. The Morgan fingerprint density at radius 1 is 1.50 bits per heavy atom. The van der Waals surface area contributed by atoms with Crippen molar-refractivity contribution in [3.63, 3.8) is 0 Å². The number of pyridine rings is 1. The molecule has 0 spiro atoms. The smallest absolute Gasteiger partial charge is 0.271 e. The molecule has 1 fully saturated rings. The molecule has 8 heteroatoms. The molecule has 0 aliphatic carbocycles. The Kier molecular flexibility index (Phi) is 3.45. The number of halogens is 1. The third-order valence-electron chi connectivity index (χ3n) is 2.65. The number of nitrogen functional groups attached to an aromatic ring is 1. The molecule has 1 atom stereocenters. The van der Waals surface area contributed by atoms with E-state index in [-0.39, 0.29) is 34.1 Å². The van der Waals surface area contributed by atoms with E-state index in [1.54, 1.807) is 0 Å². The van der Waals surface area contributed by atoms with Crippen molar-refractivity contribution in [1.29, 1.82) is 0 Å². The van der Waals surface area contributed by atoms with Crippen molar-refractivity contribution in [2.75, 3.05) is 17.2 Å². The minimum atomic E-state index is -3.03. The topological polar surface area (TPSA) is 102 Å². The number of rotatable bonds is 2. The maximum absolute atomic E-state index is 11.9. The fourth-order valence-electron chi connectivity index (χ4n) is 1.78. The van der Waals surface area contributed by atoms with Crippen LogP contribution in [-0.4, -0.2) is 36.9 Å². The van der Waals surface area contributed by atoms with E-state index in [9.17, 15) is 13.2 Å². The highest BCUT2D eigenvalue weighted by Gasteiger charge is 2.29. The van der Waals surface area contributed by atoms with E-state index in [4.69, 9.17) is 17.3 Å². The van der Waals surface area contributed by atoms with Crippen LogP contribution in [0.3, 0.4) is 0 Å². The minimum Gasteiger partial charge on any atom is -0.384 e. The molecule has 1 saturated heterocycles. The first kappa shape index (κ1) is 13.1. The molecule has 1 unspecified atom stereocenters. The zero-order valence-corrected chi connectivity index (χ0v) is 11.0. The summed E-state index contributed by atoms with van der Waals surface area (Å²) in [5.41, 5.74) is 5.49. The van der Waals surface area contributed by atoms with Crippen molar-refractivity contribution in [1.82, 2.24) is 10.3 Å². The summed E-state index contributed by atoms with van der Waals surface area (Å²) in [5, 5.41) is 2.78. The van der Waals surface area contributed by atoms with Crippen LogP contribution in [0.15, 0.2) is 12.1 Å². The maximum atomic E-state index is 11.9. The van der Waals surface area contributed by atoms with Gasteiger partial charge in [-0.25, -0.2) is 13.4 Å². The number of aromatic nitrogens is 1. The first-order valence-corrected chi connectivity index (χ1v) is 7.50. The van der Waals surface area contributed by atoms with Gasteiger partial charge < -0.3 is 11.1 Å². The Bertz CT molecular complexity index is 588. The van der Waals surface area contributed by atoms with E-state index in [0.717, 1.165) is 0 Å². The van der Waals surface area contributed by atoms with Gasteiger partial charge in [-0.3, -0.25) is 4.79 Å². The van der Waals surface area contributed by atoms with Gasteiger partial charge >= 0.3 is 0 Å². The van der Waals surface area contributed by atoms with E-state index in [2.05, 4.69) is 10.3 Å². The maximum Gasteiger partial charge on any atom is 0.271 e. The molecule has 0 saturated carbocycles. The minimum absolute atomic E-state index is 0.0148. The third kappa shape index (κ3) is 2.91. The van der Waals surface area contributed by atoms with Crippen molar-refractivity contribution >= 4 is 33.2 Å². The molecule has 1 amide bonds. The molecule has 98 valence electrons. The first-order chi connectivity index (χ1) is 8.37. The highest BCUT2D eigenvalue weighted by atomic mass is 35.5. The van der Waals surface area contributed by atoms with Gasteiger partial charge in [0.15, 0.2) is 9.84 Å². The van der Waals surface area contributed by atoms with Gasteiger partial charge in [0.05, 0.1) is 16.5 Å². The quantitative estimate of drug-likeness (QED) is 0.811. The van der Waals surface area contributed by atoms with Crippen molar-refractivity contribution in [2.45, 2.75) is 12.5 Å². The molecule has 2 heterocycles. The highest BCUT2D eigenvalue weighted by Crippen LogP contribution is 2.17. The van der Waals surface area contributed by atoms with Crippen LogP contribution >= 0.6 is 11.6 Å². The normalized spacial score (nSPS) is 21.7. The predicted octanol–water partition coefficient (Wildman–Crippen LogP) is 0.234. The van der Waals surface area contributed by atoms with E-state index < -0.39 is 15.7 Å². The Morgan fingerprint density at radius 2 is 2.22 bits per heavy atom. The van der Waals surface area contributed by atoms with Crippen LogP contribution in [0.2, 0.25) is 5.02 Å². The van der Waals surface area contributed by atoms with Crippen LogP contribution in [0.25, 0.3) is 0 Å². The van der Waals surface area contributed by atoms with Gasteiger partial charge in [-0.1, -0.05) is 11.6 Å². The van der Waals surface area contributed by atoms with E-state index in [0.29, 0.717) is 6.42 Å². The number of hydrogen-bond donors (Lipinski definition) is 2. The van der Waals surface area contributed by atoms with Crippen molar-refractivity contribution in [3.8, 4) is 0 Å². The Morgan fingerprint density at radius 3 is 2.83 bits per heavy atom. The van der Waals surface area contributed by atoms with Crippen LogP contribution < -0.4 is 11.1 Å². The molecule has 2 rings (SSSR count). The molecule has 18 heavy (non-hydrogen) atoms. The lowest BCUT2D eigenvalue weighted by Crippen LogP contribution is -2.36. The summed E-state index contributed by atoms with van der Waals surface area (Å²) < 4.78 is 22.5. The highest BCUT2D eigenvalue weighted by molar-refractivity contribution is 7.91. The van der Waals surface area contributed by atoms with Crippen LogP contribution in [0, 0.1) is 0 Å². The fourth-order valence-corrected chi connectivity index (χ4v) is 3.64. The summed E-state index contributed by atoms with van der Waals surface area (Å²) >= 11 is 5.84. The number of amides is 1. The molecule has 1 aromatic heterocycles. The van der Waals surface area contributed by atoms with Gasteiger partial charge in [0.1, 0.15) is 11.5 Å². The van der Waals surface area contributed by atoms with Crippen molar-refractivity contribution in [3.05, 3.63) is 22.8 Å². The van der Waals surface area contributed by atoms with Crippen molar-refractivity contribution < 1.29 is 13.2 Å². The number of nitrogens with zero attached hydrogens (tertiary/aromatic N) is 1. The van der Waals surface area contributed by atoms with Crippen LogP contribution in [0.5, 0.6) is 0 Å². The zero-order chi connectivity index (χ0) is 13.3. The number of hydrogen-bond acceptors (Lipinski definition) is 5. The zero-order valence-electron chi connectivity index (χ0n) is 9.39.